The number of carbonyl (C=O) groups excluding carboxylic acids is 1. The van der Waals surface area contributed by atoms with Crippen LogP contribution >= 0.6 is 11.6 Å². The van der Waals surface area contributed by atoms with Crippen LogP contribution in [-0.4, -0.2) is 37.0 Å². The van der Waals surface area contributed by atoms with Gasteiger partial charge in [-0.25, -0.2) is 0 Å². The summed E-state index contributed by atoms with van der Waals surface area (Å²) in [6.45, 7) is 6.46. The number of nitriles is 1. The molecule has 5 heteroatoms. The van der Waals surface area contributed by atoms with Gasteiger partial charge in [-0.15, -0.1) is 0 Å². The van der Waals surface area contributed by atoms with Crippen molar-refractivity contribution >= 4 is 23.2 Å². The van der Waals surface area contributed by atoms with Crippen LogP contribution in [0.5, 0.6) is 0 Å². The molecule has 1 aromatic rings. The van der Waals surface area contributed by atoms with Gasteiger partial charge in [0.1, 0.15) is 5.41 Å². The maximum absolute atomic E-state index is 12.4. The third-order valence-corrected chi connectivity index (χ3v) is 4.44. The zero-order valence-corrected chi connectivity index (χ0v) is 13.2. The highest BCUT2D eigenvalue weighted by Crippen LogP contribution is 2.25. The molecule has 1 fully saturated rings. The number of anilines is 1. The van der Waals surface area contributed by atoms with E-state index in [1.54, 1.807) is 11.8 Å². The van der Waals surface area contributed by atoms with Gasteiger partial charge in [0.2, 0.25) is 5.91 Å². The lowest BCUT2D eigenvalue weighted by atomic mass is 9.87. The summed E-state index contributed by atoms with van der Waals surface area (Å²) in [5.74, 6) is -0.0525. The van der Waals surface area contributed by atoms with E-state index in [0.29, 0.717) is 19.5 Å². The second-order valence-electron chi connectivity index (χ2n) is 5.55. The maximum atomic E-state index is 12.4. The fourth-order valence-electron chi connectivity index (χ4n) is 2.45. The van der Waals surface area contributed by atoms with Gasteiger partial charge >= 0.3 is 0 Å². The summed E-state index contributed by atoms with van der Waals surface area (Å²) >= 11 is 5.90. The van der Waals surface area contributed by atoms with E-state index in [9.17, 15) is 10.1 Å². The van der Waals surface area contributed by atoms with Crippen LogP contribution in [-0.2, 0) is 4.79 Å². The minimum atomic E-state index is -0.900. The monoisotopic (exact) mass is 305 g/mol. The molecule has 112 valence electrons. The predicted octanol–water partition coefficient (Wildman–Crippen LogP) is 2.93. The Labute approximate surface area is 130 Å². The van der Waals surface area contributed by atoms with Crippen LogP contribution in [0.3, 0.4) is 0 Å². The third kappa shape index (κ3) is 3.30. The van der Waals surface area contributed by atoms with E-state index in [1.807, 2.05) is 31.2 Å². The first-order chi connectivity index (χ1) is 10.00. The lowest BCUT2D eigenvalue weighted by Gasteiger charge is -2.38. The zero-order valence-electron chi connectivity index (χ0n) is 12.5. The molecule has 4 nitrogen and oxygen atoms in total. The van der Waals surface area contributed by atoms with E-state index < -0.39 is 5.41 Å². The summed E-state index contributed by atoms with van der Waals surface area (Å²) in [4.78, 5) is 16.5. The Morgan fingerprint density at radius 2 is 1.86 bits per heavy atom. The highest BCUT2D eigenvalue weighted by molar-refractivity contribution is 6.30. The van der Waals surface area contributed by atoms with Crippen molar-refractivity contribution in [1.82, 2.24) is 4.90 Å². The molecule has 1 saturated heterocycles. The molecule has 1 aliphatic heterocycles. The number of benzene rings is 1. The molecule has 21 heavy (non-hydrogen) atoms. The smallest absolute Gasteiger partial charge is 0.242 e. The topological polar surface area (TPSA) is 47.3 Å². The minimum Gasteiger partial charge on any atom is -0.368 e. The van der Waals surface area contributed by atoms with Crippen LogP contribution < -0.4 is 4.90 Å². The molecule has 0 aliphatic carbocycles. The van der Waals surface area contributed by atoms with Crippen LogP contribution in [0.25, 0.3) is 0 Å². The number of nitrogens with zero attached hydrogens (tertiary/aromatic N) is 3. The fourth-order valence-corrected chi connectivity index (χ4v) is 2.57. The molecule has 1 unspecified atom stereocenters. The largest absolute Gasteiger partial charge is 0.368 e. The summed E-state index contributed by atoms with van der Waals surface area (Å²) in [6, 6.07) is 9.88. The highest BCUT2D eigenvalue weighted by Gasteiger charge is 2.36. The first kappa shape index (κ1) is 15.7. The third-order valence-electron chi connectivity index (χ3n) is 4.18. The van der Waals surface area contributed by atoms with E-state index in [1.165, 1.54) is 0 Å². The van der Waals surface area contributed by atoms with Gasteiger partial charge in [0.05, 0.1) is 6.07 Å². The van der Waals surface area contributed by atoms with Crippen LogP contribution in [0, 0.1) is 16.7 Å². The summed E-state index contributed by atoms with van der Waals surface area (Å²) in [5, 5.41) is 9.94. The normalized spacial score (nSPS) is 18.0. The van der Waals surface area contributed by atoms with Gasteiger partial charge in [0.25, 0.3) is 0 Å². The Hall–Kier alpha value is -1.73. The Kier molecular flexibility index (Phi) is 4.74. The molecular weight excluding hydrogens is 286 g/mol. The van der Waals surface area contributed by atoms with Crippen LogP contribution in [0.4, 0.5) is 5.69 Å². The van der Waals surface area contributed by atoms with Crippen molar-refractivity contribution in [1.29, 1.82) is 5.26 Å². The Morgan fingerprint density at radius 1 is 1.29 bits per heavy atom. The van der Waals surface area contributed by atoms with Gasteiger partial charge in [-0.05, 0) is 37.6 Å². The molecule has 1 amide bonds. The lowest BCUT2D eigenvalue weighted by molar-refractivity contribution is -0.138. The van der Waals surface area contributed by atoms with E-state index in [-0.39, 0.29) is 5.91 Å². The zero-order chi connectivity index (χ0) is 15.5. The number of piperazine rings is 1. The quantitative estimate of drug-likeness (QED) is 0.862. The van der Waals surface area contributed by atoms with Gasteiger partial charge in [0, 0.05) is 36.9 Å². The summed E-state index contributed by atoms with van der Waals surface area (Å²) < 4.78 is 0. The molecule has 1 aliphatic rings. The molecule has 0 bridgehead atoms. The minimum absolute atomic E-state index is 0.0525. The van der Waals surface area contributed by atoms with Crippen molar-refractivity contribution in [2.24, 2.45) is 5.41 Å². The fraction of sp³-hybridized carbons (Fsp3) is 0.500. The van der Waals surface area contributed by atoms with Crippen molar-refractivity contribution in [3.8, 4) is 6.07 Å². The van der Waals surface area contributed by atoms with E-state index in [0.717, 1.165) is 23.8 Å². The van der Waals surface area contributed by atoms with E-state index in [4.69, 9.17) is 11.6 Å². The number of halogens is 1. The van der Waals surface area contributed by atoms with Crippen molar-refractivity contribution in [3.63, 3.8) is 0 Å². The summed E-state index contributed by atoms with van der Waals surface area (Å²) in [7, 11) is 0. The molecule has 0 aromatic heterocycles. The van der Waals surface area contributed by atoms with Gasteiger partial charge in [-0.2, -0.15) is 5.26 Å². The van der Waals surface area contributed by atoms with Gasteiger partial charge < -0.3 is 9.80 Å². The average Bonchev–Trinajstić information content (AvgIpc) is 2.54. The van der Waals surface area contributed by atoms with Crippen LogP contribution in [0.2, 0.25) is 5.02 Å². The van der Waals surface area contributed by atoms with Gasteiger partial charge in [0.15, 0.2) is 0 Å². The van der Waals surface area contributed by atoms with Crippen molar-refractivity contribution in [2.75, 3.05) is 31.1 Å². The predicted molar refractivity (Wildman–Crippen MR) is 84.3 cm³/mol. The molecule has 0 saturated carbocycles. The van der Waals surface area contributed by atoms with E-state index >= 15 is 0 Å². The first-order valence-corrected chi connectivity index (χ1v) is 7.59. The molecule has 2 rings (SSSR count). The van der Waals surface area contributed by atoms with Gasteiger partial charge in [-0.1, -0.05) is 18.5 Å². The molecule has 1 heterocycles. The maximum Gasteiger partial charge on any atom is 0.242 e. The Bertz CT molecular complexity index is 544. The number of hydrogen-bond donors (Lipinski definition) is 0. The SMILES string of the molecule is CCC(C)(C#N)C(=O)N1CCN(c2ccc(Cl)cc2)CC1. The summed E-state index contributed by atoms with van der Waals surface area (Å²) in [5.41, 5.74) is 0.215. The molecular formula is C16H20ClN3O. The number of carbonyl (C=O) groups is 1. The number of rotatable bonds is 3. The highest BCUT2D eigenvalue weighted by atomic mass is 35.5. The van der Waals surface area contributed by atoms with Crippen molar-refractivity contribution < 1.29 is 4.79 Å². The van der Waals surface area contributed by atoms with Gasteiger partial charge in [-0.3, -0.25) is 4.79 Å². The lowest BCUT2D eigenvalue weighted by Crippen LogP contribution is -2.52. The second-order valence-corrected chi connectivity index (χ2v) is 5.99. The summed E-state index contributed by atoms with van der Waals surface area (Å²) in [6.07, 6.45) is 0.541. The van der Waals surface area contributed by atoms with Crippen LogP contribution in [0.15, 0.2) is 24.3 Å². The average molecular weight is 306 g/mol. The van der Waals surface area contributed by atoms with E-state index in [2.05, 4.69) is 11.0 Å². The number of amides is 1. The molecule has 1 atom stereocenters. The molecule has 0 radical (unpaired) electrons. The Morgan fingerprint density at radius 3 is 2.33 bits per heavy atom. The van der Waals surface area contributed by atoms with Crippen molar-refractivity contribution in [3.05, 3.63) is 29.3 Å². The molecule has 0 spiro atoms. The van der Waals surface area contributed by atoms with Crippen molar-refractivity contribution in [2.45, 2.75) is 20.3 Å². The molecule has 1 aromatic carbocycles. The number of hydrogen-bond acceptors (Lipinski definition) is 3. The Balaban J connectivity index is 1.99. The molecule has 0 N–H and O–H groups in total. The first-order valence-electron chi connectivity index (χ1n) is 7.21. The second kappa shape index (κ2) is 6.36. The van der Waals surface area contributed by atoms with Crippen LogP contribution in [0.1, 0.15) is 20.3 Å². The standard InChI is InChI=1S/C16H20ClN3O/c1-3-16(2,12-18)15(21)20-10-8-19(9-11-20)14-6-4-13(17)5-7-14/h4-7H,3,8-11H2,1-2H3.